The fourth-order valence-corrected chi connectivity index (χ4v) is 5.16. The van der Waals surface area contributed by atoms with E-state index < -0.39 is 5.91 Å². The minimum absolute atomic E-state index is 0. The standard InChI is InChI=1S/C35H46ClN2O3.HI/c1-3-5-6-7-8-9-10-11-12-18-26-41-33-23-22-30(27-32(33)36)35(40)38(34(39)29-19-14-13-15-20-29)28-31-21-16-17-25-37(31)24-4-2;/h13-17,19-23,25,27H,3-12,18,24,26,28H2,1-2H3;1H/q+1;/p-1. The summed E-state index contributed by atoms with van der Waals surface area (Å²) < 4.78 is 8.01. The largest absolute Gasteiger partial charge is 1.00 e. The number of ether oxygens (including phenoxy) is 1. The quantitative estimate of drug-likeness (QED) is 0.0726. The molecule has 2 aromatic carbocycles. The van der Waals surface area contributed by atoms with E-state index in [0.717, 1.165) is 31.5 Å². The van der Waals surface area contributed by atoms with E-state index in [2.05, 4.69) is 18.4 Å². The first-order chi connectivity index (χ1) is 20.0. The van der Waals surface area contributed by atoms with E-state index in [4.69, 9.17) is 16.3 Å². The van der Waals surface area contributed by atoms with Crippen LogP contribution >= 0.6 is 11.6 Å². The van der Waals surface area contributed by atoms with Crippen LogP contribution in [0.5, 0.6) is 5.75 Å². The van der Waals surface area contributed by atoms with Gasteiger partial charge in [-0.25, -0.2) is 4.57 Å². The molecule has 0 atom stereocenters. The number of aryl methyl sites for hydroxylation is 1. The molecule has 0 aliphatic heterocycles. The molecule has 3 aromatic rings. The number of nitrogens with zero attached hydrogens (tertiary/aromatic N) is 2. The van der Waals surface area contributed by atoms with E-state index >= 15 is 0 Å². The molecule has 1 aromatic heterocycles. The minimum Gasteiger partial charge on any atom is -1.00 e. The predicted octanol–water partition coefficient (Wildman–Crippen LogP) is 5.82. The van der Waals surface area contributed by atoms with Gasteiger partial charge in [0.15, 0.2) is 6.20 Å². The van der Waals surface area contributed by atoms with Gasteiger partial charge in [0.25, 0.3) is 11.8 Å². The second kappa shape index (κ2) is 20.5. The fraction of sp³-hybridized carbons (Fsp3) is 0.457. The van der Waals surface area contributed by atoms with Crippen LogP contribution in [0.2, 0.25) is 5.02 Å². The van der Waals surface area contributed by atoms with Crippen LogP contribution in [0.15, 0.2) is 72.9 Å². The van der Waals surface area contributed by atoms with Crippen molar-refractivity contribution < 1.29 is 42.9 Å². The SMILES string of the molecule is CCCCCCCCCCCCOc1ccc(C(=O)N(Cc2cccc[n+]2CCC)C(=O)c2ccccc2)cc1Cl.[I-]. The monoisotopic (exact) mass is 704 g/mol. The molecular weight excluding hydrogens is 659 g/mol. The highest BCUT2D eigenvalue weighted by molar-refractivity contribution is 6.32. The van der Waals surface area contributed by atoms with Crippen molar-refractivity contribution in [1.82, 2.24) is 4.90 Å². The Morgan fingerprint density at radius 1 is 0.738 bits per heavy atom. The van der Waals surface area contributed by atoms with E-state index in [-0.39, 0.29) is 36.4 Å². The van der Waals surface area contributed by atoms with Gasteiger partial charge in [0.1, 0.15) is 18.8 Å². The molecule has 0 fully saturated rings. The summed E-state index contributed by atoms with van der Waals surface area (Å²) >= 11 is 6.55. The van der Waals surface area contributed by atoms with E-state index in [9.17, 15) is 9.59 Å². The molecule has 2 amide bonds. The van der Waals surface area contributed by atoms with Gasteiger partial charge in [-0.05, 0) is 36.8 Å². The Morgan fingerprint density at radius 3 is 2.00 bits per heavy atom. The van der Waals surface area contributed by atoms with Crippen molar-refractivity contribution in [1.29, 1.82) is 0 Å². The molecule has 0 bridgehead atoms. The van der Waals surface area contributed by atoms with E-state index in [1.165, 1.54) is 56.3 Å². The average molecular weight is 705 g/mol. The van der Waals surface area contributed by atoms with Crippen LogP contribution in [0.1, 0.15) is 111 Å². The Labute approximate surface area is 274 Å². The van der Waals surface area contributed by atoms with Crippen molar-refractivity contribution in [3.8, 4) is 5.75 Å². The van der Waals surface area contributed by atoms with Crippen molar-refractivity contribution in [3.05, 3.63) is 94.8 Å². The Hall–Kier alpha value is -2.45. The third-order valence-corrected chi connectivity index (χ3v) is 7.56. The molecule has 7 heteroatoms. The Balaban J connectivity index is 0.00000616. The fourth-order valence-electron chi connectivity index (χ4n) is 4.93. The van der Waals surface area contributed by atoms with Gasteiger partial charge in [-0.3, -0.25) is 14.5 Å². The normalized spacial score (nSPS) is 10.6. The van der Waals surface area contributed by atoms with Gasteiger partial charge < -0.3 is 28.7 Å². The topological polar surface area (TPSA) is 50.5 Å². The maximum atomic E-state index is 13.8. The lowest BCUT2D eigenvalue weighted by molar-refractivity contribution is -0.704. The highest BCUT2D eigenvalue weighted by atomic mass is 127. The lowest BCUT2D eigenvalue weighted by Crippen LogP contribution is -3.00. The number of benzene rings is 2. The summed E-state index contributed by atoms with van der Waals surface area (Å²) in [5.41, 5.74) is 1.69. The number of pyridine rings is 1. The summed E-state index contributed by atoms with van der Waals surface area (Å²) in [5, 5.41) is 0.371. The van der Waals surface area contributed by atoms with E-state index in [1.54, 1.807) is 42.5 Å². The Bertz CT molecular complexity index is 1220. The smallest absolute Gasteiger partial charge is 0.261 e. The first-order valence-corrected chi connectivity index (χ1v) is 15.7. The van der Waals surface area contributed by atoms with Crippen molar-refractivity contribution in [2.24, 2.45) is 0 Å². The summed E-state index contributed by atoms with van der Waals surface area (Å²) in [5.74, 6) is -0.183. The van der Waals surface area contributed by atoms with Gasteiger partial charge in [-0.15, -0.1) is 0 Å². The van der Waals surface area contributed by atoms with Crippen LogP contribution in [-0.2, 0) is 13.1 Å². The molecule has 42 heavy (non-hydrogen) atoms. The molecule has 5 nitrogen and oxygen atoms in total. The number of carbonyl (C=O) groups is 2. The van der Waals surface area contributed by atoms with Gasteiger partial charge in [0.2, 0.25) is 5.69 Å². The van der Waals surface area contributed by atoms with E-state index in [1.807, 2.05) is 30.5 Å². The van der Waals surface area contributed by atoms with Crippen LogP contribution < -0.4 is 33.3 Å². The minimum atomic E-state index is -0.395. The van der Waals surface area contributed by atoms with E-state index in [0.29, 0.717) is 28.5 Å². The average Bonchev–Trinajstić information content (AvgIpc) is 3.00. The lowest BCUT2D eigenvalue weighted by atomic mass is 10.1. The molecule has 0 saturated heterocycles. The highest BCUT2D eigenvalue weighted by Crippen LogP contribution is 2.27. The zero-order chi connectivity index (χ0) is 29.3. The molecule has 0 saturated carbocycles. The van der Waals surface area contributed by atoms with Gasteiger partial charge in [0.05, 0.1) is 11.6 Å². The van der Waals surface area contributed by atoms with Crippen LogP contribution in [0.3, 0.4) is 0 Å². The number of aromatic nitrogens is 1. The van der Waals surface area contributed by atoms with Gasteiger partial charge >= 0.3 is 0 Å². The molecule has 0 unspecified atom stereocenters. The zero-order valence-corrected chi connectivity index (χ0v) is 28.1. The molecule has 3 rings (SSSR count). The number of halogens is 2. The number of unbranched alkanes of at least 4 members (excludes halogenated alkanes) is 9. The summed E-state index contributed by atoms with van der Waals surface area (Å²) in [6.45, 7) is 5.90. The number of hydrogen-bond acceptors (Lipinski definition) is 3. The second-order valence-corrected chi connectivity index (χ2v) is 11.0. The van der Waals surface area contributed by atoms with Gasteiger partial charge in [0, 0.05) is 29.7 Å². The summed E-state index contributed by atoms with van der Waals surface area (Å²) in [4.78, 5) is 28.6. The van der Waals surface area contributed by atoms with Crippen LogP contribution in [0.4, 0.5) is 0 Å². The van der Waals surface area contributed by atoms with Gasteiger partial charge in [-0.1, -0.05) is 108 Å². The second-order valence-electron chi connectivity index (χ2n) is 10.6. The molecule has 0 radical (unpaired) electrons. The number of carbonyl (C=O) groups excluding carboxylic acids is 2. The summed E-state index contributed by atoms with van der Waals surface area (Å²) in [6, 6.07) is 19.8. The predicted molar refractivity (Wildman–Crippen MR) is 166 cm³/mol. The lowest BCUT2D eigenvalue weighted by Gasteiger charge is -2.21. The molecule has 1 heterocycles. The maximum Gasteiger partial charge on any atom is 0.261 e. The van der Waals surface area contributed by atoms with Crippen molar-refractivity contribution in [2.75, 3.05) is 6.61 Å². The zero-order valence-electron chi connectivity index (χ0n) is 25.2. The first kappa shape index (κ1) is 35.7. The molecule has 0 aliphatic carbocycles. The Morgan fingerprint density at radius 2 is 1.36 bits per heavy atom. The highest BCUT2D eigenvalue weighted by Gasteiger charge is 2.28. The molecule has 0 aliphatic rings. The van der Waals surface area contributed by atoms with Crippen LogP contribution in [0.25, 0.3) is 0 Å². The van der Waals surface area contributed by atoms with Crippen LogP contribution in [0, 0.1) is 0 Å². The van der Waals surface area contributed by atoms with Gasteiger partial charge in [-0.2, -0.15) is 0 Å². The number of hydrogen-bond donors (Lipinski definition) is 0. The number of amides is 2. The molecule has 228 valence electrons. The first-order valence-electron chi connectivity index (χ1n) is 15.4. The van der Waals surface area contributed by atoms with Crippen molar-refractivity contribution >= 4 is 23.4 Å². The van der Waals surface area contributed by atoms with Crippen molar-refractivity contribution in [2.45, 2.75) is 97.6 Å². The van der Waals surface area contributed by atoms with Crippen LogP contribution in [-0.4, -0.2) is 23.3 Å². The molecular formula is C35H46ClIN2O3. The number of imide groups is 1. The maximum absolute atomic E-state index is 13.8. The Kier molecular flexibility index (Phi) is 17.4. The third kappa shape index (κ3) is 11.7. The third-order valence-electron chi connectivity index (χ3n) is 7.26. The summed E-state index contributed by atoms with van der Waals surface area (Å²) in [6.07, 6.45) is 15.6. The summed E-state index contributed by atoms with van der Waals surface area (Å²) in [7, 11) is 0. The number of rotatable bonds is 18. The molecule has 0 N–H and O–H groups in total. The molecule has 0 spiro atoms. The van der Waals surface area contributed by atoms with Crippen molar-refractivity contribution in [3.63, 3.8) is 0 Å².